The predicted molar refractivity (Wildman–Crippen MR) is 63.4 cm³/mol. The van der Waals surface area contributed by atoms with Gasteiger partial charge >= 0.3 is 0 Å². The summed E-state index contributed by atoms with van der Waals surface area (Å²) in [4.78, 5) is 4.41. The third-order valence-electron chi connectivity index (χ3n) is 2.54. The largest absolute Gasteiger partial charge is 0.463 e. The second-order valence-corrected chi connectivity index (χ2v) is 3.77. The molecule has 0 radical (unpaired) electrons. The van der Waals surface area contributed by atoms with Crippen LogP contribution in [0.3, 0.4) is 0 Å². The topological polar surface area (TPSA) is 69.3 Å². The van der Waals surface area contributed by atoms with Gasteiger partial charge in [0.05, 0.1) is 18.2 Å². The molecule has 0 atom stereocenters. The number of nitrogens with zero attached hydrogens (tertiary/aromatic N) is 3. The van der Waals surface area contributed by atoms with Crippen LogP contribution in [0.15, 0.2) is 41.1 Å². The molecule has 0 saturated heterocycles. The number of rotatable bonds is 3. The van der Waals surface area contributed by atoms with E-state index in [0.29, 0.717) is 6.54 Å². The van der Waals surface area contributed by atoms with Crippen LogP contribution in [0, 0.1) is 0 Å². The summed E-state index contributed by atoms with van der Waals surface area (Å²) in [7, 11) is 0. The lowest BCUT2D eigenvalue weighted by Gasteiger charge is -1.96. The molecule has 0 aliphatic heterocycles. The molecule has 5 heteroatoms. The second-order valence-electron chi connectivity index (χ2n) is 3.77. The lowest BCUT2D eigenvalue weighted by atomic mass is 10.3. The summed E-state index contributed by atoms with van der Waals surface area (Å²) in [5.74, 6) is 0.751. The second kappa shape index (κ2) is 4.03. The van der Waals surface area contributed by atoms with Gasteiger partial charge in [-0.15, -0.1) is 0 Å². The average Bonchev–Trinajstić information content (AvgIpc) is 2.96. The minimum absolute atomic E-state index is 0.592. The van der Waals surface area contributed by atoms with Crippen LogP contribution in [0.2, 0.25) is 0 Å². The maximum absolute atomic E-state index is 5.50. The van der Waals surface area contributed by atoms with E-state index in [2.05, 4.69) is 10.1 Å². The predicted octanol–water partition coefficient (Wildman–Crippen LogP) is 1.49. The van der Waals surface area contributed by atoms with E-state index in [1.54, 1.807) is 10.8 Å². The van der Waals surface area contributed by atoms with Crippen LogP contribution < -0.4 is 5.73 Å². The maximum Gasteiger partial charge on any atom is 0.154 e. The molecule has 0 aliphatic rings. The van der Waals surface area contributed by atoms with Crippen molar-refractivity contribution >= 4 is 5.65 Å². The summed E-state index contributed by atoms with van der Waals surface area (Å²) in [6.07, 6.45) is 4.29. The highest BCUT2D eigenvalue weighted by Crippen LogP contribution is 2.17. The molecule has 3 aromatic heterocycles. The van der Waals surface area contributed by atoms with E-state index in [1.807, 2.05) is 30.5 Å². The van der Waals surface area contributed by atoms with Gasteiger partial charge in [-0.05, 0) is 30.8 Å². The van der Waals surface area contributed by atoms with Crippen molar-refractivity contribution in [3.05, 3.63) is 42.4 Å². The fraction of sp³-hybridized carbons (Fsp3) is 0.167. The standard InChI is InChI=1S/C12H12N4O/c13-6-5-9-8-16-12(14-9)4-3-10(15-16)11-2-1-7-17-11/h1-4,7-8H,5-6,13H2. The summed E-state index contributed by atoms with van der Waals surface area (Å²) in [6.45, 7) is 0.592. The Kier molecular flexibility index (Phi) is 2.38. The molecule has 0 bridgehead atoms. The van der Waals surface area contributed by atoms with Crippen LogP contribution in [0.25, 0.3) is 17.1 Å². The Balaban J connectivity index is 2.06. The monoisotopic (exact) mass is 228 g/mol. The van der Waals surface area contributed by atoms with Crippen molar-refractivity contribution in [2.24, 2.45) is 5.73 Å². The maximum atomic E-state index is 5.50. The molecule has 0 unspecified atom stereocenters. The Morgan fingerprint density at radius 3 is 3.00 bits per heavy atom. The average molecular weight is 228 g/mol. The van der Waals surface area contributed by atoms with E-state index in [0.717, 1.165) is 29.2 Å². The molecule has 0 fully saturated rings. The van der Waals surface area contributed by atoms with Crippen LogP contribution in [-0.2, 0) is 6.42 Å². The molecule has 0 aliphatic carbocycles. The Morgan fingerprint density at radius 1 is 1.29 bits per heavy atom. The number of furan rings is 1. The highest BCUT2D eigenvalue weighted by atomic mass is 16.3. The molecule has 0 saturated carbocycles. The van der Waals surface area contributed by atoms with Crippen molar-refractivity contribution in [1.82, 2.24) is 14.6 Å². The van der Waals surface area contributed by atoms with Crippen molar-refractivity contribution in [3.8, 4) is 11.5 Å². The first-order chi connectivity index (χ1) is 8.36. The first kappa shape index (κ1) is 10.0. The Bertz CT molecular complexity index is 627. The van der Waals surface area contributed by atoms with Gasteiger partial charge in [0.15, 0.2) is 11.4 Å². The molecule has 0 amide bonds. The molecule has 3 rings (SSSR count). The Hall–Kier alpha value is -2.14. The summed E-state index contributed by atoms with van der Waals surface area (Å²) in [5, 5.41) is 4.44. The van der Waals surface area contributed by atoms with Crippen molar-refractivity contribution in [3.63, 3.8) is 0 Å². The molecule has 2 N–H and O–H groups in total. The number of fused-ring (bicyclic) bond motifs is 1. The fourth-order valence-corrected chi connectivity index (χ4v) is 1.76. The highest BCUT2D eigenvalue weighted by molar-refractivity contribution is 5.54. The van der Waals surface area contributed by atoms with Gasteiger partial charge in [-0.1, -0.05) is 0 Å². The van der Waals surface area contributed by atoms with E-state index < -0.39 is 0 Å². The number of hydrogen-bond donors (Lipinski definition) is 1. The van der Waals surface area contributed by atoms with Crippen molar-refractivity contribution in [1.29, 1.82) is 0 Å². The third-order valence-corrected chi connectivity index (χ3v) is 2.54. The summed E-state index contributed by atoms with van der Waals surface area (Å²) < 4.78 is 7.06. The lowest BCUT2D eigenvalue weighted by molar-refractivity contribution is 0.578. The molecule has 5 nitrogen and oxygen atoms in total. The van der Waals surface area contributed by atoms with E-state index in [9.17, 15) is 0 Å². The van der Waals surface area contributed by atoms with Gasteiger partial charge in [0, 0.05) is 6.42 Å². The van der Waals surface area contributed by atoms with E-state index in [1.165, 1.54) is 0 Å². The Labute approximate surface area is 97.9 Å². The van der Waals surface area contributed by atoms with Gasteiger partial charge in [-0.3, -0.25) is 0 Å². The number of nitrogens with two attached hydrogens (primary N) is 1. The molecule has 0 aromatic carbocycles. The Morgan fingerprint density at radius 2 is 2.24 bits per heavy atom. The zero-order chi connectivity index (χ0) is 11.7. The molecule has 86 valence electrons. The highest BCUT2D eigenvalue weighted by Gasteiger charge is 2.06. The van der Waals surface area contributed by atoms with E-state index >= 15 is 0 Å². The van der Waals surface area contributed by atoms with Gasteiger partial charge in [-0.25, -0.2) is 9.50 Å². The summed E-state index contributed by atoms with van der Waals surface area (Å²) in [6, 6.07) is 7.54. The zero-order valence-corrected chi connectivity index (χ0v) is 9.21. The number of aromatic nitrogens is 3. The first-order valence-electron chi connectivity index (χ1n) is 5.46. The zero-order valence-electron chi connectivity index (χ0n) is 9.21. The molecule has 0 spiro atoms. The first-order valence-corrected chi connectivity index (χ1v) is 5.46. The van der Waals surface area contributed by atoms with Crippen molar-refractivity contribution in [2.45, 2.75) is 6.42 Å². The molecule has 3 heterocycles. The molecule has 3 aromatic rings. The molecule has 17 heavy (non-hydrogen) atoms. The fourth-order valence-electron chi connectivity index (χ4n) is 1.76. The van der Waals surface area contributed by atoms with Crippen molar-refractivity contribution < 1.29 is 4.42 Å². The van der Waals surface area contributed by atoms with Gasteiger partial charge in [-0.2, -0.15) is 5.10 Å². The van der Waals surface area contributed by atoms with Gasteiger partial charge < -0.3 is 10.2 Å². The quantitative estimate of drug-likeness (QED) is 0.737. The van der Waals surface area contributed by atoms with Crippen LogP contribution in [0.4, 0.5) is 0 Å². The van der Waals surface area contributed by atoms with Crippen LogP contribution in [-0.4, -0.2) is 21.1 Å². The number of hydrogen-bond acceptors (Lipinski definition) is 4. The van der Waals surface area contributed by atoms with Crippen LogP contribution in [0.1, 0.15) is 5.69 Å². The number of imidazole rings is 1. The van der Waals surface area contributed by atoms with E-state index in [4.69, 9.17) is 10.2 Å². The molecular formula is C12H12N4O. The minimum Gasteiger partial charge on any atom is -0.463 e. The van der Waals surface area contributed by atoms with E-state index in [-0.39, 0.29) is 0 Å². The van der Waals surface area contributed by atoms with Crippen LogP contribution in [0.5, 0.6) is 0 Å². The third kappa shape index (κ3) is 1.81. The van der Waals surface area contributed by atoms with Gasteiger partial charge in [0.1, 0.15) is 5.69 Å². The van der Waals surface area contributed by atoms with Crippen molar-refractivity contribution in [2.75, 3.05) is 6.54 Å². The lowest BCUT2D eigenvalue weighted by Crippen LogP contribution is -2.02. The van der Waals surface area contributed by atoms with Gasteiger partial charge in [0.25, 0.3) is 0 Å². The summed E-state index contributed by atoms with van der Waals surface area (Å²) >= 11 is 0. The van der Waals surface area contributed by atoms with Gasteiger partial charge in [0.2, 0.25) is 0 Å². The normalized spacial score (nSPS) is 11.1. The smallest absolute Gasteiger partial charge is 0.154 e. The SMILES string of the molecule is NCCc1cn2nc(-c3ccco3)ccc2n1. The molecular weight excluding hydrogens is 216 g/mol. The minimum atomic E-state index is 0.592. The van der Waals surface area contributed by atoms with Crippen LogP contribution >= 0.6 is 0 Å². The summed E-state index contributed by atoms with van der Waals surface area (Å²) in [5.41, 5.74) is 8.07.